The number of amides is 1. The molecule has 1 aromatic heterocycles. The van der Waals surface area contributed by atoms with Gasteiger partial charge in [-0.1, -0.05) is 17.7 Å². The largest absolute Gasteiger partial charge is 0.461 e. The second-order valence-corrected chi connectivity index (χ2v) is 5.47. The molecule has 5 nitrogen and oxygen atoms in total. The third kappa shape index (κ3) is 3.80. The van der Waals surface area contributed by atoms with Crippen LogP contribution in [0.3, 0.4) is 0 Å². The summed E-state index contributed by atoms with van der Waals surface area (Å²) in [4.78, 5) is 27.6. The van der Waals surface area contributed by atoms with Gasteiger partial charge in [-0.05, 0) is 31.5 Å². The predicted octanol–water partition coefficient (Wildman–Crippen LogP) is 3.53. The lowest BCUT2D eigenvalue weighted by atomic mass is 10.2. The standard InChI is InChI=1S/C14H13ClN2O3S/c1-3-20-14(19)13-17-11(7-21-13)12(18)16-10-6-9(15)5-4-8(10)2/h4-7H,3H2,1-2H3,(H,16,18). The fourth-order valence-corrected chi connectivity index (χ4v) is 2.44. The summed E-state index contributed by atoms with van der Waals surface area (Å²) >= 11 is 6.97. The normalized spacial score (nSPS) is 10.2. The van der Waals surface area contributed by atoms with E-state index in [4.69, 9.17) is 16.3 Å². The number of esters is 1. The van der Waals surface area contributed by atoms with Crippen molar-refractivity contribution in [2.24, 2.45) is 0 Å². The van der Waals surface area contributed by atoms with Crippen molar-refractivity contribution in [3.63, 3.8) is 0 Å². The second-order valence-electron chi connectivity index (χ2n) is 4.17. The van der Waals surface area contributed by atoms with Crippen LogP contribution >= 0.6 is 22.9 Å². The Bertz CT molecular complexity index is 685. The number of ether oxygens (including phenoxy) is 1. The van der Waals surface area contributed by atoms with Crippen molar-refractivity contribution in [3.8, 4) is 0 Å². The lowest BCUT2D eigenvalue weighted by Crippen LogP contribution is -2.14. The van der Waals surface area contributed by atoms with E-state index in [1.165, 1.54) is 5.38 Å². The lowest BCUT2D eigenvalue weighted by Gasteiger charge is -2.07. The molecule has 0 aliphatic carbocycles. The van der Waals surface area contributed by atoms with E-state index >= 15 is 0 Å². The number of aromatic nitrogens is 1. The molecule has 110 valence electrons. The van der Waals surface area contributed by atoms with Gasteiger partial charge in [0.2, 0.25) is 5.01 Å². The van der Waals surface area contributed by atoms with Crippen molar-refractivity contribution in [2.45, 2.75) is 13.8 Å². The Balaban J connectivity index is 2.14. The number of rotatable bonds is 4. The number of nitrogens with zero attached hydrogens (tertiary/aromatic N) is 1. The first-order valence-corrected chi connectivity index (χ1v) is 7.47. The van der Waals surface area contributed by atoms with E-state index in [9.17, 15) is 9.59 Å². The highest BCUT2D eigenvalue weighted by Crippen LogP contribution is 2.21. The number of carbonyl (C=O) groups excluding carboxylic acids is 2. The Morgan fingerprint density at radius 3 is 2.90 bits per heavy atom. The molecule has 0 unspecified atom stereocenters. The minimum atomic E-state index is -0.527. The molecule has 0 aliphatic heterocycles. The quantitative estimate of drug-likeness (QED) is 0.873. The van der Waals surface area contributed by atoms with E-state index < -0.39 is 11.9 Å². The molecule has 1 aromatic carbocycles. The predicted molar refractivity (Wildman–Crippen MR) is 82.2 cm³/mol. The van der Waals surface area contributed by atoms with E-state index in [-0.39, 0.29) is 17.3 Å². The van der Waals surface area contributed by atoms with Crippen LogP contribution in [0.2, 0.25) is 5.02 Å². The van der Waals surface area contributed by atoms with E-state index in [1.807, 2.05) is 13.0 Å². The third-order valence-corrected chi connectivity index (χ3v) is 3.69. The van der Waals surface area contributed by atoms with Gasteiger partial charge in [-0.25, -0.2) is 9.78 Å². The van der Waals surface area contributed by atoms with Gasteiger partial charge in [0.05, 0.1) is 6.61 Å². The summed E-state index contributed by atoms with van der Waals surface area (Å²) in [6.07, 6.45) is 0. The van der Waals surface area contributed by atoms with Crippen LogP contribution in [-0.4, -0.2) is 23.5 Å². The molecule has 0 radical (unpaired) electrons. The van der Waals surface area contributed by atoms with Crippen LogP contribution in [0.1, 0.15) is 32.8 Å². The first-order valence-electron chi connectivity index (χ1n) is 6.21. The van der Waals surface area contributed by atoms with Gasteiger partial charge in [0.25, 0.3) is 5.91 Å². The lowest BCUT2D eigenvalue weighted by molar-refractivity contribution is 0.0526. The maximum Gasteiger partial charge on any atom is 0.367 e. The van der Waals surface area contributed by atoms with Gasteiger partial charge in [0.15, 0.2) is 0 Å². The molecule has 0 spiro atoms. The average molecular weight is 325 g/mol. The van der Waals surface area contributed by atoms with Crippen molar-refractivity contribution >= 4 is 40.5 Å². The summed E-state index contributed by atoms with van der Waals surface area (Å²) in [6, 6.07) is 5.21. The number of aryl methyl sites for hydroxylation is 1. The minimum Gasteiger partial charge on any atom is -0.461 e. The maximum absolute atomic E-state index is 12.1. The second kappa shape index (κ2) is 6.69. The molecule has 1 amide bonds. The minimum absolute atomic E-state index is 0.157. The molecule has 0 aliphatic rings. The highest BCUT2D eigenvalue weighted by atomic mass is 35.5. The fourth-order valence-electron chi connectivity index (χ4n) is 1.58. The summed E-state index contributed by atoms with van der Waals surface area (Å²) in [7, 11) is 0. The van der Waals surface area contributed by atoms with E-state index in [0.717, 1.165) is 16.9 Å². The molecule has 0 atom stereocenters. The number of anilines is 1. The van der Waals surface area contributed by atoms with E-state index in [1.54, 1.807) is 19.1 Å². The topological polar surface area (TPSA) is 68.3 Å². The molecule has 2 rings (SSSR count). The third-order valence-electron chi connectivity index (χ3n) is 2.63. The molecular weight excluding hydrogens is 312 g/mol. The summed E-state index contributed by atoms with van der Waals surface area (Å²) in [6.45, 7) is 3.83. The fraction of sp³-hybridized carbons (Fsp3) is 0.214. The van der Waals surface area contributed by atoms with Crippen LogP contribution in [0.5, 0.6) is 0 Å². The van der Waals surface area contributed by atoms with E-state index in [0.29, 0.717) is 10.7 Å². The first-order chi connectivity index (χ1) is 10.0. The monoisotopic (exact) mass is 324 g/mol. The Morgan fingerprint density at radius 2 is 2.19 bits per heavy atom. The zero-order chi connectivity index (χ0) is 15.4. The van der Waals surface area contributed by atoms with Gasteiger partial charge in [-0.2, -0.15) is 0 Å². The molecule has 0 fully saturated rings. The van der Waals surface area contributed by atoms with Crippen molar-refractivity contribution in [1.82, 2.24) is 4.98 Å². The Kier molecular flexibility index (Phi) is 4.93. The summed E-state index contributed by atoms with van der Waals surface area (Å²) < 4.78 is 4.83. The Labute approximate surface area is 130 Å². The number of thiazole rings is 1. The Morgan fingerprint density at radius 1 is 1.43 bits per heavy atom. The molecule has 21 heavy (non-hydrogen) atoms. The van der Waals surface area contributed by atoms with Crippen LogP contribution in [0.4, 0.5) is 5.69 Å². The zero-order valence-electron chi connectivity index (χ0n) is 11.5. The molecule has 1 heterocycles. The maximum atomic E-state index is 12.1. The highest BCUT2D eigenvalue weighted by molar-refractivity contribution is 7.11. The summed E-state index contributed by atoms with van der Waals surface area (Å²) in [5.41, 5.74) is 1.66. The SMILES string of the molecule is CCOC(=O)c1nc(C(=O)Nc2cc(Cl)ccc2C)cs1. The molecular formula is C14H13ClN2O3S. The molecule has 2 aromatic rings. The van der Waals surface area contributed by atoms with Gasteiger partial charge in [0.1, 0.15) is 5.69 Å². The molecule has 7 heteroatoms. The number of halogens is 1. The van der Waals surface area contributed by atoms with Crippen molar-refractivity contribution < 1.29 is 14.3 Å². The number of carbonyl (C=O) groups is 2. The number of nitrogens with one attached hydrogen (secondary N) is 1. The van der Waals surface area contributed by atoms with Gasteiger partial charge < -0.3 is 10.1 Å². The molecule has 0 bridgehead atoms. The molecule has 1 N–H and O–H groups in total. The van der Waals surface area contributed by atoms with Gasteiger partial charge in [0, 0.05) is 16.1 Å². The van der Waals surface area contributed by atoms with Gasteiger partial charge >= 0.3 is 5.97 Å². The highest BCUT2D eigenvalue weighted by Gasteiger charge is 2.17. The zero-order valence-corrected chi connectivity index (χ0v) is 13.0. The Hall–Kier alpha value is -1.92. The van der Waals surface area contributed by atoms with Crippen molar-refractivity contribution in [1.29, 1.82) is 0 Å². The summed E-state index contributed by atoms with van der Waals surface area (Å²) in [5.74, 6) is -0.923. The van der Waals surface area contributed by atoms with Gasteiger partial charge in [-0.3, -0.25) is 4.79 Å². The first kappa shape index (κ1) is 15.5. The summed E-state index contributed by atoms with van der Waals surface area (Å²) in [5, 5.41) is 4.92. The van der Waals surface area contributed by atoms with Gasteiger partial charge in [-0.15, -0.1) is 11.3 Å². The van der Waals surface area contributed by atoms with Crippen LogP contribution in [0.15, 0.2) is 23.6 Å². The molecule has 0 saturated heterocycles. The smallest absolute Gasteiger partial charge is 0.367 e. The average Bonchev–Trinajstić information content (AvgIpc) is 2.93. The van der Waals surface area contributed by atoms with Crippen LogP contribution < -0.4 is 5.32 Å². The molecule has 0 saturated carbocycles. The van der Waals surface area contributed by atoms with E-state index in [2.05, 4.69) is 10.3 Å². The van der Waals surface area contributed by atoms with Crippen LogP contribution in [0, 0.1) is 6.92 Å². The number of hydrogen-bond donors (Lipinski definition) is 1. The van der Waals surface area contributed by atoms with Crippen LogP contribution in [0.25, 0.3) is 0 Å². The van der Waals surface area contributed by atoms with Crippen LogP contribution in [-0.2, 0) is 4.74 Å². The number of hydrogen-bond acceptors (Lipinski definition) is 5. The van der Waals surface area contributed by atoms with Crippen molar-refractivity contribution in [3.05, 3.63) is 44.9 Å². The number of benzene rings is 1. The van der Waals surface area contributed by atoms with Crippen molar-refractivity contribution in [2.75, 3.05) is 11.9 Å².